The number of nitrogen functional groups attached to an aromatic ring is 1. The van der Waals surface area contributed by atoms with Crippen molar-refractivity contribution in [1.29, 1.82) is 0 Å². The molecule has 0 aliphatic rings. The molecule has 5 heteroatoms. The summed E-state index contributed by atoms with van der Waals surface area (Å²) in [4.78, 5) is 15.5. The van der Waals surface area contributed by atoms with E-state index in [2.05, 4.69) is 4.98 Å². The minimum absolute atomic E-state index is 0.0521. The molecule has 18 heavy (non-hydrogen) atoms. The first kappa shape index (κ1) is 12.0. The van der Waals surface area contributed by atoms with Crippen molar-refractivity contribution in [3.05, 3.63) is 59.7 Å². The zero-order chi connectivity index (χ0) is 13.0. The summed E-state index contributed by atoms with van der Waals surface area (Å²) in [5.74, 6) is -1.41. The summed E-state index contributed by atoms with van der Waals surface area (Å²) in [5.41, 5.74) is 6.26. The summed E-state index contributed by atoms with van der Waals surface area (Å²) in [6.45, 7) is 0.0521. The fourth-order valence-electron chi connectivity index (χ4n) is 1.41. The molecule has 0 atom stereocenters. The number of pyridine rings is 1. The van der Waals surface area contributed by atoms with Gasteiger partial charge in [-0.25, -0.2) is 9.18 Å². The van der Waals surface area contributed by atoms with Crippen LogP contribution in [0.1, 0.15) is 15.9 Å². The molecule has 2 rings (SSSR count). The number of benzene rings is 1. The Bertz CT molecular complexity index is 558. The number of anilines is 1. The molecule has 0 bridgehead atoms. The zero-order valence-electron chi connectivity index (χ0n) is 9.47. The molecule has 0 saturated carbocycles. The smallest absolute Gasteiger partial charge is 0.341 e. The Morgan fingerprint density at radius 1 is 1.39 bits per heavy atom. The predicted octanol–water partition coefficient (Wildman–Crippen LogP) is 2.16. The fourth-order valence-corrected chi connectivity index (χ4v) is 1.41. The molecular weight excluding hydrogens is 235 g/mol. The number of nitrogens with zero attached hydrogens (tertiary/aromatic N) is 1. The third-order valence-corrected chi connectivity index (χ3v) is 2.31. The lowest BCUT2D eigenvalue weighted by Crippen LogP contribution is -2.08. The van der Waals surface area contributed by atoms with E-state index in [0.717, 1.165) is 11.6 Å². The molecule has 0 radical (unpaired) electrons. The van der Waals surface area contributed by atoms with Crippen molar-refractivity contribution in [3.8, 4) is 0 Å². The molecule has 0 aliphatic carbocycles. The van der Waals surface area contributed by atoms with Crippen molar-refractivity contribution in [2.45, 2.75) is 6.61 Å². The number of ether oxygens (including phenoxy) is 1. The zero-order valence-corrected chi connectivity index (χ0v) is 9.47. The van der Waals surface area contributed by atoms with Gasteiger partial charge in [0.1, 0.15) is 12.4 Å². The first-order valence-corrected chi connectivity index (χ1v) is 5.28. The van der Waals surface area contributed by atoms with E-state index in [1.54, 1.807) is 24.5 Å². The summed E-state index contributed by atoms with van der Waals surface area (Å²) >= 11 is 0. The monoisotopic (exact) mass is 246 g/mol. The van der Waals surface area contributed by atoms with E-state index in [1.165, 1.54) is 12.1 Å². The number of rotatable bonds is 3. The second-order valence-electron chi connectivity index (χ2n) is 3.68. The molecular formula is C13H11FN2O2. The molecule has 1 aromatic heterocycles. The lowest BCUT2D eigenvalue weighted by molar-refractivity contribution is 0.0467. The molecule has 2 aromatic rings. The van der Waals surface area contributed by atoms with Crippen molar-refractivity contribution in [1.82, 2.24) is 4.98 Å². The average Bonchev–Trinajstić information content (AvgIpc) is 2.37. The van der Waals surface area contributed by atoms with E-state index in [-0.39, 0.29) is 17.9 Å². The molecule has 0 unspecified atom stereocenters. The molecule has 0 fully saturated rings. The van der Waals surface area contributed by atoms with Gasteiger partial charge in [0.15, 0.2) is 0 Å². The lowest BCUT2D eigenvalue weighted by atomic mass is 10.2. The highest BCUT2D eigenvalue weighted by Crippen LogP contribution is 2.13. The molecule has 1 aromatic carbocycles. The van der Waals surface area contributed by atoms with Gasteiger partial charge >= 0.3 is 5.97 Å². The molecule has 0 amide bonds. The minimum Gasteiger partial charge on any atom is -0.457 e. The Hall–Kier alpha value is -2.43. The van der Waals surface area contributed by atoms with E-state index in [1.807, 2.05) is 0 Å². The van der Waals surface area contributed by atoms with Gasteiger partial charge in [0, 0.05) is 23.6 Å². The second kappa shape index (κ2) is 5.27. The summed E-state index contributed by atoms with van der Waals surface area (Å²) in [6.07, 6.45) is 3.19. The summed E-state index contributed by atoms with van der Waals surface area (Å²) in [5, 5.41) is 0. The number of halogens is 1. The Morgan fingerprint density at radius 2 is 2.22 bits per heavy atom. The predicted molar refractivity (Wildman–Crippen MR) is 64.2 cm³/mol. The largest absolute Gasteiger partial charge is 0.457 e. The third-order valence-electron chi connectivity index (χ3n) is 2.31. The first-order valence-electron chi connectivity index (χ1n) is 5.28. The normalized spacial score (nSPS) is 10.1. The van der Waals surface area contributed by atoms with Gasteiger partial charge in [0.05, 0.1) is 5.56 Å². The number of carbonyl (C=O) groups excluding carboxylic acids is 1. The van der Waals surface area contributed by atoms with Crippen LogP contribution in [0.4, 0.5) is 10.1 Å². The maximum Gasteiger partial charge on any atom is 0.341 e. The van der Waals surface area contributed by atoms with Crippen molar-refractivity contribution >= 4 is 11.7 Å². The van der Waals surface area contributed by atoms with Crippen LogP contribution in [-0.2, 0) is 11.3 Å². The molecule has 1 heterocycles. The van der Waals surface area contributed by atoms with E-state index >= 15 is 0 Å². The molecule has 4 nitrogen and oxygen atoms in total. The minimum atomic E-state index is -0.726. The van der Waals surface area contributed by atoms with Gasteiger partial charge < -0.3 is 10.5 Å². The third kappa shape index (κ3) is 2.82. The van der Waals surface area contributed by atoms with Gasteiger partial charge in [-0.15, -0.1) is 0 Å². The van der Waals surface area contributed by atoms with Crippen molar-refractivity contribution < 1.29 is 13.9 Å². The van der Waals surface area contributed by atoms with Crippen LogP contribution >= 0.6 is 0 Å². The van der Waals surface area contributed by atoms with Gasteiger partial charge in [0.25, 0.3) is 0 Å². The quantitative estimate of drug-likeness (QED) is 0.665. The van der Waals surface area contributed by atoms with Crippen LogP contribution < -0.4 is 5.73 Å². The SMILES string of the molecule is Nc1ccc(C(=O)OCc2cccnc2)c(F)c1. The Labute approximate surface area is 103 Å². The molecule has 2 N–H and O–H groups in total. The van der Waals surface area contributed by atoms with Crippen LogP contribution in [0.5, 0.6) is 0 Å². The number of aromatic nitrogens is 1. The summed E-state index contributed by atoms with van der Waals surface area (Å²) in [7, 11) is 0. The average molecular weight is 246 g/mol. The molecule has 0 aliphatic heterocycles. The topological polar surface area (TPSA) is 65.2 Å². The highest BCUT2D eigenvalue weighted by Gasteiger charge is 2.13. The Kier molecular flexibility index (Phi) is 3.52. The van der Waals surface area contributed by atoms with E-state index < -0.39 is 11.8 Å². The van der Waals surface area contributed by atoms with Crippen LogP contribution in [0.2, 0.25) is 0 Å². The van der Waals surface area contributed by atoms with Crippen molar-refractivity contribution in [2.75, 3.05) is 5.73 Å². The second-order valence-corrected chi connectivity index (χ2v) is 3.68. The summed E-state index contributed by atoms with van der Waals surface area (Å²) < 4.78 is 18.4. The maximum atomic E-state index is 13.4. The number of carbonyl (C=O) groups is 1. The maximum absolute atomic E-state index is 13.4. The Balaban J connectivity index is 2.04. The Morgan fingerprint density at radius 3 is 2.89 bits per heavy atom. The lowest BCUT2D eigenvalue weighted by Gasteiger charge is -2.05. The number of esters is 1. The highest BCUT2D eigenvalue weighted by atomic mass is 19.1. The van der Waals surface area contributed by atoms with E-state index in [4.69, 9.17) is 10.5 Å². The van der Waals surface area contributed by atoms with E-state index in [0.29, 0.717) is 0 Å². The molecule has 0 spiro atoms. The first-order chi connectivity index (χ1) is 8.66. The van der Waals surface area contributed by atoms with Crippen LogP contribution in [0, 0.1) is 5.82 Å². The van der Waals surface area contributed by atoms with Gasteiger partial charge in [-0.3, -0.25) is 4.98 Å². The molecule has 0 saturated heterocycles. The summed E-state index contributed by atoms with van der Waals surface area (Å²) in [6, 6.07) is 7.33. The number of nitrogens with two attached hydrogens (primary N) is 1. The van der Waals surface area contributed by atoms with Gasteiger partial charge in [-0.1, -0.05) is 6.07 Å². The highest BCUT2D eigenvalue weighted by molar-refractivity contribution is 5.90. The standard InChI is InChI=1S/C13H11FN2O2/c14-12-6-10(15)3-4-11(12)13(17)18-8-9-2-1-5-16-7-9/h1-7H,8,15H2. The molecule has 92 valence electrons. The van der Waals surface area contributed by atoms with Gasteiger partial charge in [-0.2, -0.15) is 0 Å². The van der Waals surface area contributed by atoms with Crippen molar-refractivity contribution in [2.24, 2.45) is 0 Å². The van der Waals surface area contributed by atoms with Crippen LogP contribution in [0.15, 0.2) is 42.7 Å². The van der Waals surface area contributed by atoms with Crippen LogP contribution in [0.3, 0.4) is 0 Å². The van der Waals surface area contributed by atoms with E-state index in [9.17, 15) is 9.18 Å². The number of hydrogen-bond donors (Lipinski definition) is 1. The van der Waals surface area contributed by atoms with Crippen LogP contribution in [-0.4, -0.2) is 11.0 Å². The number of hydrogen-bond acceptors (Lipinski definition) is 4. The van der Waals surface area contributed by atoms with Gasteiger partial charge in [-0.05, 0) is 24.3 Å². The fraction of sp³-hybridized carbons (Fsp3) is 0.0769. The van der Waals surface area contributed by atoms with Gasteiger partial charge in [0.2, 0.25) is 0 Å². The van der Waals surface area contributed by atoms with Crippen LogP contribution in [0.25, 0.3) is 0 Å². The van der Waals surface area contributed by atoms with Crippen molar-refractivity contribution in [3.63, 3.8) is 0 Å².